The van der Waals surface area contributed by atoms with Gasteiger partial charge in [0.2, 0.25) is 0 Å². The minimum Gasteiger partial charge on any atom is -0.207 e. The fraction of sp³-hybridized carbons (Fsp3) is 0.538. The lowest BCUT2D eigenvalue weighted by Crippen LogP contribution is -2.30. The molecular weight excluding hydrogens is 246 g/mol. The number of unbranched alkanes of at least 4 members (excludes halogenated alkanes) is 1. The monoisotopic (exact) mass is 262 g/mol. The number of alkyl halides is 2. The molecule has 90 valence electrons. The van der Waals surface area contributed by atoms with Gasteiger partial charge in [-0.05, 0) is 24.1 Å². The van der Waals surface area contributed by atoms with E-state index in [1.807, 2.05) is 0 Å². The van der Waals surface area contributed by atoms with E-state index >= 15 is 0 Å². The highest BCUT2D eigenvalue weighted by atomic mass is 35.5. The lowest BCUT2D eigenvalue weighted by Gasteiger charge is -2.30. The highest BCUT2D eigenvalue weighted by Gasteiger charge is 2.29. The Bertz CT molecular complexity index is 304. The maximum Gasteiger partial charge on any atom is 0.123 e. The summed E-state index contributed by atoms with van der Waals surface area (Å²) >= 11 is 12.1. The average Bonchev–Trinajstić information content (AvgIpc) is 2.33. The molecule has 0 spiro atoms. The Morgan fingerprint density at radius 3 is 2.12 bits per heavy atom. The van der Waals surface area contributed by atoms with Crippen LogP contribution >= 0.6 is 23.2 Å². The largest absolute Gasteiger partial charge is 0.207 e. The van der Waals surface area contributed by atoms with Gasteiger partial charge in [-0.25, -0.2) is 4.39 Å². The molecule has 1 rings (SSSR count). The van der Waals surface area contributed by atoms with Crippen molar-refractivity contribution < 1.29 is 4.39 Å². The third-order valence-electron chi connectivity index (χ3n) is 2.98. The van der Waals surface area contributed by atoms with Crippen molar-refractivity contribution in [2.45, 2.75) is 31.6 Å². The van der Waals surface area contributed by atoms with Crippen LogP contribution in [0, 0.1) is 5.82 Å². The predicted octanol–water partition coefficient (Wildman–Crippen LogP) is 4.73. The molecule has 3 heteroatoms. The van der Waals surface area contributed by atoms with Gasteiger partial charge in [0.25, 0.3) is 0 Å². The van der Waals surface area contributed by atoms with Gasteiger partial charge in [-0.2, -0.15) is 0 Å². The summed E-state index contributed by atoms with van der Waals surface area (Å²) in [7, 11) is 0. The summed E-state index contributed by atoms with van der Waals surface area (Å²) in [5.74, 6) is 0.724. The maximum atomic E-state index is 12.9. The normalized spacial score (nSPS) is 11.8. The Labute approximate surface area is 107 Å². The molecule has 0 fully saturated rings. The molecule has 0 saturated heterocycles. The molecule has 1 aromatic rings. The first-order chi connectivity index (χ1) is 7.68. The highest BCUT2D eigenvalue weighted by molar-refractivity contribution is 6.22. The molecule has 0 aromatic heterocycles. The summed E-state index contributed by atoms with van der Waals surface area (Å²) in [6.45, 7) is 2.14. The van der Waals surface area contributed by atoms with Gasteiger partial charge in [-0.15, -0.1) is 23.2 Å². The molecule has 0 bridgehead atoms. The lowest BCUT2D eigenvalue weighted by molar-refractivity contribution is 0.468. The Kier molecular flexibility index (Phi) is 5.57. The van der Waals surface area contributed by atoms with Crippen LogP contribution in [-0.4, -0.2) is 11.8 Å². The Hall–Kier alpha value is -0.270. The molecule has 0 amide bonds. The van der Waals surface area contributed by atoms with Crippen molar-refractivity contribution in [1.82, 2.24) is 0 Å². The summed E-state index contributed by atoms with van der Waals surface area (Å²) in [4.78, 5) is 0. The SMILES string of the molecule is CCCCC(CCl)(CCl)c1ccc(F)cc1. The van der Waals surface area contributed by atoms with Crippen LogP contribution in [0.4, 0.5) is 4.39 Å². The van der Waals surface area contributed by atoms with Crippen LogP contribution < -0.4 is 0 Å². The van der Waals surface area contributed by atoms with Crippen LogP contribution in [0.3, 0.4) is 0 Å². The fourth-order valence-corrected chi connectivity index (χ4v) is 2.65. The second-order valence-electron chi connectivity index (χ2n) is 4.16. The van der Waals surface area contributed by atoms with E-state index in [0.717, 1.165) is 24.8 Å². The minimum absolute atomic E-state index is 0.215. The van der Waals surface area contributed by atoms with Crippen molar-refractivity contribution in [2.24, 2.45) is 0 Å². The summed E-state index contributed by atoms with van der Waals surface area (Å²) in [5.41, 5.74) is 0.819. The van der Waals surface area contributed by atoms with Crippen LogP contribution in [0.25, 0.3) is 0 Å². The summed E-state index contributed by atoms with van der Waals surface area (Å²) < 4.78 is 12.9. The van der Waals surface area contributed by atoms with E-state index in [1.54, 1.807) is 12.1 Å². The zero-order valence-electron chi connectivity index (χ0n) is 9.48. The van der Waals surface area contributed by atoms with Gasteiger partial charge in [0.15, 0.2) is 0 Å². The lowest BCUT2D eigenvalue weighted by atomic mass is 9.80. The summed E-state index contributed by atoms with van der Waals surface area (Å²) in [6.07, 6.45) is 3.13. The molecule has 0 unspecified atom stereocenters. The van der Waals surface area contributed by atoms with Gasteiger partial charge in [-0.3, -0.25) is 0 Å². The molecule has 16 heavy (non-hydrogen) atoms. The minimum atomic E-state index is -0.225. The smallest absolute Gasteiger partial charge is 0.123 e. The van der Waals surface area contributed by atoms with Crippen molar-refractivity contribution in [1.29, 1.82) is 0 Å². The Morgan fingerprint density at radius 2 is 1.69 bits per heavy atom. The van der Waals surface area contributed by atoms with Gasteiger partial charge in [-0.1, -0.05) is 31.9 Å². The van der Waals surface area contributed by atoms with Crippen molar-refractivity contribution in [2.75, 3.05) is 11.8 Å². The maximum absolute atomic E-state index is 12.9. The molecule has 0 atom stereocenters. The van der Waals surface area contributed by atoms with Gasteiger partial charge in [0.1, 0.15) is 5.82 Å². The van der Waals surface area contributed by atoms with Crippen molar-refractivity contribution in [3.63, 3.8) is 0 Å². The predicted molar refractivity (Wildman–Crippen MR) is 69.0 cm³/mol. The van der Waals surface area contributed by atoms with Crippen molar-refractivity contribution in [3.05, 3.63) is 35.6 Å². The molecule has 0 heterocycles. The Balaban J connectivity index is 2.95. The van der Waals surface area contributed by atoms with Crippen molar-refractivity contribution in [3.8, 4) is 0 Å². The van der Waals surface area contributed by atoms with E-state index in [1.165, 1.54) is 12.1 Å². The number of rotatable bonds is 6. The summed E-state index contributed by atoms with van der Waals surface area (Å²) in [5, 5.41) is 0. The van der Waals surface area contributed by atoms with E-state index in [-0.39, 0.29) is 11.2 Å². The van der Waals surface area contributed by atoms with Crippen molar-refractivity contribution >= 4 is 23.2 Å². The first-order valence-electron chi connectivity index (χ1n) is 5.56. The molecule has 0 aliphatic rings. The van der Waals surface area contributed by atoms with Crippen LogP contribution in [0.1, 0.15) is 31.7 Å². The Morgan fingerprint density at radius 1 is 1.12 bits per heavy atom. The van der Waals surface area contributed by atoms with Crippen LogP contribution in [-0.2, 0) is 5.41 Å². The zero-order valence-corrected chi connectivity index (χ0v) is 11.0. The number of hydrogen-bond donors (Lipinski definition) is 0. The standard InChI is InChI=1S/C13H17Cl2F/c1-2-3-8-13(9-14,10-15)11-4-6-12(16)7-5-11/h4-7H,2-3,8-10H2,1H3. The fourth-order valence-electron chi connectivity index (χ4n) is 1.79. The second kappa shape index (κ2) is 6.46. The first-order valence-corrected chi connectivity index (χ1v) is 6.63. The van der Waals surface area contributed by atoms with Gasteiger partial charge in [0, 0.05) is 17.2 Å². The van der Waals surface area contributed by atoms with E-state index in [9.17, 15) is 4.39 Å². The number of hydrogen-bond acceptors (Lipinski definition) is 0. The van der Waals surface area contributed by atoms with Crippen LogP contribution in [0.15, 0.2) is 24.3 Å². The highest BCUT2D eigenvalue weighted by Crippen LogP contribution is 2.33. The quantitative estimate of drug-likeness (QED) is 0.651. The molecule has 0 nitrogen and oxygen atoms in total. The topological polar surface area (TPSA) is 0 Å². The third-order valence-corrected chi connectivity index (χ3v) is 4.00. The molecule has 0 aliphatic heterocycles. The molecule has 0 saturated carbocycles. The zero-order chi connectivity index (χ0) is 12.0. The third kappa shape index (κ3) is 3.11. The average molecular weight is 263 g/mol. The number of halogens is 3. The number of benzene rings is 1. The second-order valence-corrected chi connectivity index (χ2v) is 4.69. The molecule has 0 N–H and O–H groups in total. The van der Waals surface area contributed by atoms with E-state index in [2.05, 4.69) is 6.92 Å². The van der Waals surface area contributed by atoms with E-state index in [0.29, 0.717) is 11.8 Å². The van der Waals surface area contributed by atoms with Crippen LogP contribution in [0.5, 0.6) is 0 Å². The van der Waals surface area contributed by atoms with E-state index < -0.39 is 0 Å². The summed E-state index contributed by atoms with van der Waals surface area (Å²) in [6, 6.07) is 6.51. The van der Waals surface area contributed by atoms with Gasteiger partial charge < -0.3 is 0 Å². The molecular formula is C13H17Cl2F. The van der Waals surface area contributed by atoms with Gasteiger partial charge >= 0.3 is 0 Å². The first kappa shape index (κ1) is 13.8. The molecule has 0 aliphatic carbocycles. The van der Waals surface area contributed by atoms with Gasteiger partial charge in [0.05, 0.1) is 0 Å². The molecule has 1 aromatic carbocycles. The van der Waals surface area contributed by atoms with E-state index in [4.69, 9.17) is 23.2 Å². The molecule has 0 radical (unpaired) electrons. The van der Waals surface area contributed by atoms with Crippen LogP contribution in [0.2, 0.25) is 0 Å².